The second-order valence-corrected chi connectivity index (χ2v) is 1.07. The molecule has 0 aromatic carbocycles. The lowest BCUT2D eigenvalue weighted by Crippen LogP contribution is -1.52. The van der Waals surface area contributed by atoms with E-state index in [1.807, 2.05) is 6.08 Å². The Balaban J connectivity index is 2.94. The molecule has 0 aliphatic heterocycles. The SMILES string of the molecule is BCC=CC=C. The van der Waals surface area contributed by atoms with E-state index < -0.39 is 0 Å². The highest BCUT2D eigenvalue weighted by molar-refractivity contribution is 6.09. The van der Waals surface area contributed by atoms with Crippen molar-refractivity contribution in [3.05, 3.63) is 24.8 Å². The summed E-state index contributed by atoms with van der Waals surface area (Å²) in [7, 11) is 2.10. The first-order chi connectivity index (χ1) is 2.91. The van der Waals surface area contributed by atoms with Crippen molar-refractivity contribution in [2.45, 2.75) is 6.32 Å². The molecule has 0 radical (unpaired) electrons. The van der Waals surface area contributed by atoms with Gasteiger partial charge >= 0.3 is 0 Å². The van der Waals surface area contributed by atoms with E-state index in [1.54, 1.807) is 6.08 Å². The molecule has 0 N–H and O–H groups in total. The van der Waals surface area contributed by atoms with Gasteiger partial charge in [-0.05, 0) is 0 Å². The van der Waals surface area contributed by atoms with Gasteiger partial charge < -0.3 is 0 Å². The molecule has 0 rings (SSSR count). The number of rotatable bonds is 2. The van der Waals surface area contributed by atoms with Gasteiger partial charge in [-0.3, -0.25) is 0 Å². The van der Waals surface area contributed by atoms with Gasteiger partial charge in [-0.2, -0.15) is 0 Å². The van der Waals surface area contributed by atoms with Crippen LogP contribution in [0.3, 0.4) is 0 Å². The largest absolute Gasteiger partial charge is 0.106 e. The fourth-order valence-corrected chi connectivity index (χ4v) is 0.232. The van der Waals surface area contributed by atoms with Crippen LogP contribution in [0.15, 0.2) is 24.8 Å². The normalized spacial score (nSPS) is 9.33. The summed E-state index contributed by atoms with van der Waals surface area (Å²) in [6, 6.07) is 0. The van der Waals surface area contributed by atoms with Crippen LogP contribution in [-0.4, -0.2) is 7.85 Å². The van der Waals surface area contributed by atoms with Gasteiger partial charge in [-0.25, -0.2) is 0 Å². The molecule has 0 bridgehead atoms. The molecule has 6 heavy (non-hydrogen) atoms. The Morgan fingerprint density at radius 3 is 2.50 bits per heavy atom. The molecular weight excluding hydrogens is 70.9 g/mol. The predicted octanol–water partition coefficient (Wildman–Crippen LogP) is 0.780. The van der Waals surface area contributed by atoms with Gasteiger partial charge in [-0.1, -0.05) is 31.1 Å². The van der Waals surface area contributed by atoms with E-state index in [-0.39, 0.29) is 0 Å². The summed E-state index contributed by atoms with van der Waals surface area (Å²) in [5.74, 6) is 0. The van der Waals surface area contributed by atoms with E-state index in [0.717, 1.165) is 6.32 Å². The first kappa shape index (κ1) is 5.54. The molecular formula is C5H9B. The van der Waals surface area contributed by atoms with E-state index in [0.29, 0.717) is 0 Å². The van der Waals surface area contributed by atoms with Crippen molar-refractivity contribution < 1.29 is 0 Å². The molecule has 0 aromatic rings. The van der Waals surface area contributed by atoms with Gasteiger partial charge in [-0.15, -0.1) is 0 Å². The molecule has 0 saturated carbocycles. The Morgan fingerprint density at radius 1 is 1.67 bits per heavy atom. The quantitative estimate of drug-likeness (QED) is 0.339. The summed E-state index contributed by atoms with van der Waals surface area (Å²) in [6.07, 6.45) is 6.89. The van der Waals surface area contributed by atoms with Crippen molar-refractivity contribution in [3.8, 4) is 0 Å². The van der Waals surface area contributed by atoms with Crippen LogP contribution in [0.25, 0.3) is 0 Å². The minimum Gasteiger partial charge on any atom is -0.0991 e. The highest BCUT2D eigenvalue weighted by Gasteiger charge is 1.56. The molecule has 0 nitrogen and oxygen atoms in total. The van der Waals surface area contributed by atoms with E-state index >= 15 is 0 Å². The molecule has 0 amide bonds. The molecule has 0 saturated heterocycles. The van der Waals surface area contributed by atoms with Crippen molar-refractivity contribution in [1.29, 1.82) is 0 Å². The third-order valence-corrected chi connectivity index (χ3v) is 0.508. The van der Waals surface area contributed by atoms with E-state index in [9.17, 15) is 0 Å². The average molecular weight is 79.9 g/mol. The Hall–Kier alpha value is -0.455. The van der Waals surface area contributed by atoms with Crippen LogP contribution in [-0.2, 0) is 0 Å². The number of allylic oxidation sites excluding steroid dienone is 3. The standard InChI is InChI=1S/C5H9B/c1-2-3-4-5-6/h2-4H,1,5-6H2. The van der Waals surface area contributed by atoms with Crippen molar-refractivity contribution in [3.63, 3.8) is 0 Å². The van der Waals surface area contributed by atoms with Crippen molar-refractivity contribution in [2.75, 3.05) is 0 Å². The third kappa shape index (κ3) is 3.54. The minimum atomic E-state index is 1.10. The second kappa shape index (κ2) is 4.54. The van der Waals surface area contributed by atoms with Gasteiger partial charge in [0.15, 0.2) is 0 Å². The van der Waals surface area contributed by atoms with Crippen molar-refractivity contribution in [1.82, 2.24) is 0 Å². The molecule has 1 heteroatoms. The lowest BCUT2D eigenvalue weighted by atomic mass is 10.1. The lowest BCUT2D eigenvalue weighted by Gasteiger charge is -1.67. The van der Waals surface area contributed by atoms with Crippen LogP contribution in [0.2, 0.25) is 6.32 Å². The third-order valence-electron chi connectivity index (χ3n) is 0.508. The summed E-state index contributed by atoms with van der Waals surface area (Å²) < 4.78 is 0. The van der Waals surface area contributed by atoms with Crippen LogP contribution < -0.4 is 0 Å². The Morgan fingerprint density at radius 2 is 2.33 bits per heavy atom. The monoisotopic (exact) mass is 80.1 g/mol. The topological polar surface area (TPSA) is 0 Å². The molecule has 0 heterocycles. The molecule has 32 valence electrons. The van der Waals surface area contributed by atoms with Gasteiger partial charge in [0, 0.05) is 0 Å². The van der Waals surface area contributed by atoms with Gasteiger partial charge in [0.25, 0.3) is 0 Å². The zero-order chi connectivity index (χ0) is 4.83. The molecule has 0 fully saturated rings. The summed E-state index contributed by atoms with van der Waals surface area (Å²) >= 11 is 0. The fourth-order valence-electron chi connectivity index (χ4n) is 0.232. The van der Waals surface area contributed by atoms with Crippen LogP contribution in [0, 0.1) is 0 Å². The summed E-state index contributed by atoms with van der Waals surface area (Å²) in [6.45, 7) is 3.51. The average Bonchev–Trinajstić information content (AvgIpc) is 1.61. The zero-order valence-electron chi connectivity index (χ0n) is 4.15. The van der Waals surface area contributed by atoms with Gasteiger partial charge in [0.1, 0.15) is 7.85 Å². The van der Waals surface area contributed by atoms with Gasteiger partial charge in [0.2, 0.25) is 0 Å². The lowest BCUT2D eigenvalue weighted by molar-refractivity contribution is 1.71. The summed E-state index contributed by atoms with van der Waals surface area (Å²) in [5.41, 5.74) is 0. The highest BCUT2D eigenvalue weighted by Crippen LogP contribution is 1.74. The van der Waals surface area contributed by atoms with E-state index in [1.165, 1.54) is 0 Å². The molecule has 0 aromatic heterocycles. The van der Waals surface area contributed by atoms with Crippen LogP contribution in [0.1, 0.15) is 0 Å². The van der Waals surface area contributed by atoms with Gasteiger partial charge in [0.05, 0.1) is 0 Å². The fraction of sp³-hybridized carbons (Fsp3) is 0.200. The second-order valence-electron chi connectivity index (χ2n) is 1.07. The highest BCUT2D eigenvalue weighted by atomic mass is 13.6. The van der Waals surface area contributed by atoms with E-state index in [4.69, 9.17) is 0 Å². The number of hydrogen-bond donors (Lipinski definition) is 0. The molecule has 0 aliphatic carbocycles. The summed E-state index contributed by atoms with van der Waals surface area (Å²) in [4.78, 5) is 0. The minimum absolute atomic E-state index is 1.10. The molecule has 0 spiro atoms. The first-order valence-electron chi connectivity index (χ1n) is 2.19. The smallest absolute Gasteiger partial charge is 0.0991 e. The van der Waals surface area contributed by atoms with Crippen molar-refractivity contribution >= 4 is 7.85 Å². The van der Waals surface area contributed by atoms with Crippen LogP contribution >= 0.6 is 0 Å². The maximum atomic E-state index is 3.51. The maximum Gasteiger partial charge on any atom is 0.106 e. The Kier molecular flexibility index (Phi) is 4.20. The van der Waals surface area contributed by atoms with Crippen molar-refractivity contribution in [2.24, 2.45) is 0 Å². The Labute approximate surface area is 40.0 Å². The molecule has 0 aliphatic rings. The summed E-state index contributed by atoms with van der Waals surface area (Å²) in [5, 5.41) is 0. The first-order valence-corrected chi connectivity index (χ1v) is 2.19. The Bertz CT molecular complexity index is 55.0. The maximum absolute atomic E-state index is 3.51. The molecule has 0 atom stereocenters. The zero-order valence-corrected chi connectivity index (χ0v) is 4.15. The number of hydrogen-bond acceptors (Lipinski definition) is 0. The predicted molar refractivity (Wildman–Crippen MR) is 32.7 cm³/mol. The van der Waals surface area contributed by atoms with Crippen LogP contribution in [0.4, 0.5) is 0 Å². The van der Waals surface area contributed by atoms with Crippen LogP contribution in [0.5, 0.6) is 0 Å². The molecule has 0 unspecified atom stereocenters. The van der Waals surface area contributed by atoms with E-state index in [2.05, 4.69) is 20.5 Å².